The summed E-state index contributed by atoms with van der Waals surface area (Å²) < 4.78 is 6.77. The van der Waals surface area contributed by atoms with E-state index in [0.29, 0.717) is 17.1 Å². The predicted octanol–water partition coefficient (Wildman–Crippen LogP) is 3.70. The second kappa shape index (κ2) is 7.85. The van der Waals surface area contributed by atoms with Gasteiger partial charge in [0.2, 0.25) is 11.0 Å². The molecule has 0 aliphatic carbocycles. The average Bonchev–Trinajstić information content (AvgIpc) is 3.15. The van der Waals surface area contributed by atoms with E-state index in [1.54, 1.807) is 19.2 Å². The van der Waals surface area contributed by atoms with Gasteiger partial charge in [0, 0.05) is 5.39 Å². The van der Waals surface area contributed by atoms with Crippen LogP contribution >= 0.6 is 11.6 Å². The van der Waals surface area contributed by atoms with E-state index in [0.717, 1.165) is 17.3 Å². The van der Waals surface area contributed by atoms with Crippen molar-refractivity contribution in [1.29, 1.82) is 5.26 Å². The molecule has 0 aliphatic heterocycles. The van der Waals surface area contributed by atoms with Gasteiger partial charge in [0.15, 0.2) is 11.6 Å². The van der Waals surface area contributed by atoms with Gasteiger partial charge in [-0.05, 0) is 24.6 Å². The standard InChI is InChI=1S/C19H13ClN8O3/c1-10-6-14(25-15-12(10)4-3-5-13(15)31-2)27-19(11(7-21)8-24-27)26-18-16(28(29)30)17(20)22-9-23-18/h3-6,8-9H,1-2H3,(H,22,23,26). The minimum atomic E-state index is -0.708. The van der Waals surface area contributed by atoms with Gasteiger partial charge in [-0.2, -0.15) is 15.0 Å². The lowest BCUT2D eigenvalue weighted by atomic mass is 10.1. The van der Waals surface area contributed by atoms with E-state index in [1.165, 1.54) is 10.9 Å². The molecular weight excluding hydrogens is 424 g/mol. The minimum absolute atomic E-state index is 0.128. The first-order valence-corrected chi connectivity index (χ1v) is 9.17. The number of hydrogen-bond donors (Lipinski definition) is 1. The Labute approximate surface area is 180 Å². The topological polar surface area (TPSA) is 145 Å². The minimum Gasteiger partial charge on any atom is -0.494 e. The largest absolute Gasteiger partial charge is 0.494 e. The molecule has 0 atom stereocenters. The van der Waals surface area contributed by atoms with E-state index in [9.17, 15) is 15.4 Å². The van der Waals surface area contributed by atoms with Crippen LogP contribution in [0.3, 0.4) is 0 Å². The number of aromatic nitrogens is 5. The molecule has 4 aromatic rings. The molecule has 4 rings (SSSR count). The van der Waals surface area contributed by atoms with Crippen LogP contribution in [-0.4, -0.2) is 36.8 Å². The molecule has 0 radical (unpaired) electrons. The number of methoxy groups -OCH3 is 1. The third-order valence-electron chi connectivity index (χ3n) is 4.52. The molecule has 3 heterocycles. The summed E-state index contributed by atoms with van der Waals surface area (Å²) in [6.45, 7) is 1.91. The normalized spacial score (nSPS) is 10.6. The second-order valence-electron chi connectivity index (χ2n) is 6.33. The Morgan fingerprint density at radius 1 is 1.35 bits per heavy atom. The third-order valence-corrected chi connectivity index (χ3v) is 4.80. The highest BCUT2D eigenvalue weighted by Gasteiger charge is 2.24. The first-order valence-electron chi connectivity index (χ1n) is 8.79. The monoisotopic (exact) mass is 436 g/mol. The van der Waals surface area contributed by atoms with Gasteiger partial charge in [-0.3, -0.25) is 10.1 Å². The number of anilines is 2. The number of nitro groups is 1. The third kappa shape index (κ3) is 3.45. The average molecular weight is 437 g/mol. The van der Waals surface area contributed by atoms with Crippen LogP contribution in [0.4, 0.5) is 17.3 Å². The molecule has 0 unspecified atom stereocenters. The zero-order valence-electron chi connectivity index (χ0n) is 16.2. The highest BCUT2D eigenvalue weighted by atomic mass is 35.5. The Kier molecular flexibility index (Phi) is 5.06. The van der Waals surface area contributed by atoms with Gasteiger partial charge in [0.05, 0.1) is 18.2 Å². The molecule has 0 fully saturated rings. The number of aryl methyl sites for hydroxylation is 1. The number of nitriles is 1. The van der Waals surface area contributed by atoms with Crippen LogP contribution < -0.4 is 10.1 Å². The number of nitrogens with zero attached hydrogens (tertiary/aromatic N) is 7. The van der Waals surface area contributed by atoms with Crippen LogP contribution in [0.1, 0.15) is 11.1 Å². The predicted molar refractivity (Wildman–Crippen MR) is 112 cm³/mol. The van der Waals surface area contributed by atoms with E-state index < -0.39 is 10.6 Å². The number of para-hydroxylation sites is 1. The second-order valence-corrected chi connectivity index (χ2v) is 6.69. The van der Waals surface area contributed by atoms with E-state index in [2.05, 4.69) is 25.4 Å². The Morgan fingerprint density at radius 3 is 2.87 bits per heavy atom. The number of rotatable bonds is 5. The quantitative estimate of drug-likeness (QED) is 0.281. The first kappa shape index (κ1) is 20.0. The maximum atomic E-state index is 11.4. The Morgan fingerprint density at radius 2 is 2.16 bits per heavy atom. The molecule has 31 heavy (non-hydrogen) atoms. The number of ether oxygens (including phenoxy) is 1. The van der Waals surface area contributed by atoms with Gasteiger partial charge in [-0.25, -0.2) is 15.0 Å². The summed E-state index contributed by atoms with van der Waals surface area (Å²) in [6.07, 6.45) is 2.40. The Hall–Kier alpha value is -4.30. The zero-order chi connectivity index (χ0) is 22.1. The smallest absolute Gasteiger partial charge is 0.348 e. The lowest BCUT2D eigenvalue weighted by Crippen LogP contribution is -2.09. The van der Waals surface area contributed by atoms with Crippen molar-refractivity contribution in [2.75, 3.05) is 12.4 Å². The molecule has 1 N–H and O–H groups in total. The number of pyridine rings is 1. The molecule has 0 amide bonds. The van der Waals surface area contributed by atoms with Crippen LogP contribution in [0.2, 0.25) is 5.15 Å². The van der Waals surface area contributed by atoms with Gasteiger partial charge in [-0.15, -0.1) is 0 Å². The summed E-state index contributed by atoms with van der Waals surface area (Å²) in [4.78, 5) is 22.9. The molecule has 0 saturated carbocycles. The Balaban J connectivity index is 1.91. The summed E-state index contributed by atoms with van der Waals surface area (Å²) in [7, 11) is 1.55. The lowest BCUT2D eigenvalue weighted by Gasteiger charge is -2.13. The van der Waals surface area contributed by atoms with Crippen molar-refractivity contribution in [1.82, 2.24) is 24.7 Å². The number of hydrogen-bond acceptors (Lipinski definition) is 9. The first-order chi connectivity index (χ1) is 14.9. The number of nitrogens with one attached hydrogen (secondary N) is 1. The SMILES string of the molecule is COc1cccc2c(C)cc(-n3ncc(C#N)c3Nc3ncnc(Cl)c3[N+](=O)[O-])nc12. The summed E-state index contributed by atoms with van der Waals surface area (Å²) >= 11 is 5.87. The van der Waals surface area contributed by atoms with Gasteiger partial charge in [-0.1, -0.05) is 23.7 Å². The van der Waals surface area contributed by atoms with E-state index >= 15 is 0 Å². The molecule has 0 saturated heterocycles. The number of halogens is 1. The number of fused-ring (bicyclic) bond motifs is 1. The fourth-order valence-corrected chi connectivity index (χ4v) is 3.30. The van der Waals surface area contributed by atoms with Gasteiger partial charge >= 0.3 is 5.69 Å². The zero-order valence-corrected chi connectivity index (χ0v) is 17.0. The summed E-state index contributed by atoms with van der Waals surface area (Å²) in [5.41, 5.74) is 1.11. The maximum absolute atomic E-state index is 11.4. The van der Waals surface area contributed by atoms with Gasteiger partial charge < -0.3 is 10.1 Å². The van der Waals surface area contributed by atoms with Crippen molar-refractivity contribution in [2.24, 2.45) is 0 Å². The highest BCUT2D eigenvalue weighted by Crippen LogP contribution is 2.33. The number of benzene rings is 1. The van der Waals surface area contributed by atoms with Crippen LogP contribution in [0.25, 0.3) is 16.7 Å². The van der Waals surface area contributed by atoms with E-state index in [-0.39, 0.29) is 22.4 Å². The van der Waals surface area contributed by atoms with Gasteiger partial charge in [0.1, 0.15) is 29.2 Å². The molecule has 0 bridgehead atoms. The van der Waals surface area contributed by atoms with Crippen molar-refractivity contribution >= 4 is 39.8 Å². The van der Waals surface area contributed by atoms with Crippen LogP contribution in [0, 0.1) is 28.4 Å². The molecule has 1 aromatic carbocycles. The molecular formula is C19H13ClN8O3. The molecule has 3 aromatic heterocycles. The lowest BCUT2D eigenvalue weighted by molar-refractivity contribution is -0.384. The molecule has 0 aliphatic rings. The van der Waals surface area contributed by atoms with E-state index in [4.69, 9.17) is 16.3 Å². The van der Waals surface area contributed by atoms with Crippen molar-refractivity contribution in [3.05, 3.63) is 63.2 Å². The highest BCUT2D eigenvalue weighted by molar-refractivity contribution is 6.31. The molecule has 12 heteroatoms. The molecule has 154 valence electrons. The van der Waals surface area contributed by atoms with Gasteiger partial charge in [0.25, 0.3) is 0 Å². The van der Waals surface area contributed by atoms with Crippen molar-refractivity contribution in [3.8, 4) is 17.6 Å². The summed E-state index contributed by atoms with van der Waals surface area (Å²) in [6, 6.07) is 9.34. The van der Waals surface area contributed by atoms with Crippen LogP contribution in [-0.2, 0) is 0 Å². The molecule has 11 nitrogen and oxygen atoms in total. The fraction of sp³-hybridized carbons (Fsp3) is 0.105. The van der Waals surface area contributed by atoms with Crippen molar-refractivity contribution in [3.63, 3.8) is 0 Å². The van der Waals surface area contributed by atoms with Crippen LogP contribution in [0.5, 0.6) is 5.75 Å². The fourth-order valence-electron chi connectivity index (χ4n) is 3.09. The van der Waals surface area contributed by atoms with Crippen molar-refractivity contribution in [2.45, 2.75) is 6.92 Å². The Bertz CT molecular complexity index is 1380. The van der Waals surface area contributed by atoms with Crippen LogP contribution in [0.15, 0.2) is 36.8 Å². The molecule has 0 spiro atoms. The van der Waals surface area contributed by atoms with Crippen molar-refractivity contribution < 1.29 is 9.66 Å². The summed E-state index contributed by atoms with van der Waals surface area (Å²) in [5, 5.41) is 28.5. The summed E-state index contributed by atoms with van der Waals surface area (Å²) in [5.74, 6) is 0.906. The maximum Gasteiger partial charge on any atom is 0.348 e. The van der Waals surface area contributed by atoms with E-state index in [1.807, 2.05) is 25.1 Å².